The van der Waals surface area contributed by atoms with Crippen molar-refractivity contribution in [1.82, 2.24) is 45.2 Å². The topological polar surface area (TPSA) is 349 Å². The summed E-state index contributed by atoms with van der Waals surface area (Å²) in [6.07, 6.45) is 4.10. The van der Waals surface area contributed by atoms with Gasteiger partial charge in [-0.1, -0.05) is 0 Å². The molecule has 2 aliphatic rings. The highest BCUT2D eigenvalue weighted by molar-refractivity contribution is 7.16. The number of aromatic nitrogens is 8. The number of carbonyl (C=O) groups is 4. The van der Waals surface area contributed by atoms with Crippen LogP contribution in [0.5, 0.6) is 23.0 Å². The van der Waals surface area contributed by atoms with Crippen LogP contribution < -0.4 is 61.9 Å². The number of anilines is 6. The van der Waals surface area contributed by atoms with Crippen molar-refractivity contribution >= 4 is 114 Å². The maximum Gasteiger partial charge on any atom is 0.337 e. The molecule has 10 N–H and O–H groups in total. The van der Waals surface area contributed by atoms with E-state index in [0.717, 1.165) is 58.7 Å². The maximum atomic E-state index is 12.7. The lowest BCUT2D eigenvalue weighted by Crippen LogP contribution is -2.37. The number of primary amides is 2. The van der Waals surface area contributed by atoms with Crippen molar-refractivity contribution in [2.45, 2.75) is 24.9 Å². The Labute approximate surface area is 447 Å². The molecule has 3 amide bonds. The number of thiazole rings is 2. The van der Waals surface area contributed by atoms with Crippen LogP contribution in [0.4, 0.5) is 34.9 Å². The van der Waals surface area contributed by atoms with E-state index < -0.39 is 17.8 Å². The van der Waals surface area contributed by atoms with Crippen molar-refractivity contribution in [1.29, 1.82) is 0 Å². The van der Waals surface area contributed by atoms with E-state index in [2.05, 4.69) is 45.8 Å². The molecular formula is C48H51ClN16O9S2. The van der Waals surface area contributed by atoms with Crippen molar-refractivity contribution in [2.75, 3.05) is 75.1 Å². The zero-order chi connectivity index (χ0) is 53.2. The first-order valence-electron chi connectivity index (χ1n) is 22.8. The Morgan fingerprint density at radius 3 is 1.51 bits per heavy atom. The quantitative estimate of drug-likeness (QED) is 0.0707. The van der Waals surface area contributed by atoms with E-state index in [9.17, 15) is 19.2 Å². The Bertz CT molecular complexity index is 3320. The molecule has 2 saturated heterocycles. The average molecular weight is 1100 g/mol. The molecule has 28 heteroatoms. The number of methoxy groups -OCH3 is 4. The van der Waals surface area contributed by atoms with Gasteiger partial charge in [-0.25, -0.2) is 14.8 Å². The number of benzene rings is 2. The van der Waals surface area contributed by atoms with Crippen molar-refractivity contribution in [3.05, 3.63) is 107 Å². The molecule has 8 aromatic rings. The number of carboxylic acids is 1. The number of nitrogens with zero attached hydrogens (tertiary/aromatic N) is 10. The number of hydrogen-bond acceptors (Lipinski definition) is 23. The van der Waals surface area contributed by atoms with Gasteiger partial charge < -0.3 is 67.0 Å². The number of halogens is 1. The van der Waals surface area contributed by atoms with Gasteiger partial charge in [0.25, 0.3) is 17.7 Å². The number of nitrogens with one attached hydrogen (secondary N) is 3. The summed E-state index contributed by atoms with van der Waals surface area (Å²) in [5, 5.41) is 18.1. The molecule has 25 nitrogen and oxygen atoms in total. The number of carbonyl (C=O) groups excluding carboxylic acids is 3. The molecule has 10 rings (SSSR count). The molecule has 0 saturated carbocycles. The SMILES string of the molecule is COc1ccc(Nc2nc(N3CCC(N)C3)nc3scnc23)cc1OC.COc1ccc(Nc2nc(N3CCC(NC(=O)c4ccc(C(N)=O)nc4)C3)nc3scnc23)cc1OC.Cl.NC(=O)c1ccc(C(=O)O)cn1. The smallest absolute Gasteiger partial charge is 0.337 e. The number of pyridine rings is 2. The van der Waals surface area contributed by atoms with Gasteiger partial charge in [0.2, 0.25) is 11.9 Å². The van der Waals surface area contributed by atoms with Gasteiger partial charge in [-0.15, -0.1) is 35.1 Å². The lowest BCUT2D eigenvalue weighted by molar-refractivity contribution is 0.0695. The van der Waals surface area contributed by atoms with Gasteiger partial charge in [0, 0.05) is 74.2 Å². The Kier molecular flexibility index (Phi) is 18.1. The Morgan fingerprint density at radius 1 is 0.618 bits per heavy atom. The molecule has 0 bridgehead atoms. The first kappa shape index (κ1) is 55.0. The molecule has 2 unspecified atom stereocenters. The molecule has 396 valence electrons. The van der Waals surface area contributed by atoms with E-state index in [1.54, 1.807) is 39.5 Å². The Morgan fingerprint density at radius 2 is 1.09 bits per heavy atom. The van der Waals surface area contributed by atoms with Gasteiger partial charge in [0.15, 0.2) is 44.3 Å². The lowest BCUT2D eigenvalue weighted by Gasteiger charge is -2.18. The minimum Gasteiger partial charge on any atom is -0.493 e. The van der Waals surface area contributed by atoms with E-state index in [1.807, 2.05) is 41.3 Å². The molecule has 0 spiro atoms. The largest absolute Gasteiger partial charge is 0.493 e. The second kappa shape index (κ2) is 25.0. The second-order valence-corrected chi connectivity index (χ2v) is 18.1. The third kappa shape index (κ3) is 13.1. The summed E-state index contributed by atoms with van der Waals surface area (Å²) in [7, 11) is 6.39. The van der Waals surface area contributed by atoms with Crippen LogP contribution in [0.1, 0.15) is 54.5 Å². The van der Waals surface area contributed by atoms with E-state index in [-0.39, 0.29) is 47.3 Å². The van der Waals surface area contributed by atoms with Gasteiger partial charge in [-0.3, -0.25) is 24.4 Å². The molecule has 2 fully saturated rings. The second-order valence-electron chi connectivity index (χ2n) is 16.4. The van der Waals surface area contributed by atoms with E-state index in [4.69, 9.17) is 56.2 Å². The average Bonchev–Trinajstić information content (AvgIpc) is 4.28. The summed E-state index contributed by atoms with van der Waals surface area (Å²) in [6.45, 7) is 2.84. The number of carboxylic acid groups (broad SMARTS) is 1. The summed E-state index contributed by atoms with van der Waals surface area (Å²) >= 11 is 2.92. The van der Waals surface area contributed by atoms with Gasteiger partial charge >= 0.3 is 5.97 Å². The van der Waals surface area contributed by atoms with Crippen molar-refractivity contribution in [3.8, 4) is 23.0 Å². The molecule has 0 radical (unpaired) electrons. The van der Waals surface area contributed by atoms with E-state index in [1.165, 1.54) is 53.1 Å². The minimum absolute atomic E-state index is 0. The summed E-state index contributed by atoms with van der Waals surface area (Å²) in [6, 6.07) is 16.7. The number of fused-ring (bicyclic) bond motifs is 2. The van der Waals surface area contributed by atoms with Gasteiger partial charge in [0.1, 0.15) is 22.4 Å². The van der Waals surface area contributed by atoms with E-state index in [0.29, 0.717) is 70.7 Å². The number of amides is 3. The summed E-state index contributed by atoms with van der Waals surface area (Å²) in [4.78, 5) is 85.5. The first-order valence-corrected chi connectivity index (χ1v) is 24.5. The molecule has 0 aliphatic carbocycles. The highest BCUT2D eigenvalue weighted by Crippen LogP contribution is 2.35. The van der Waals surface area contributed by atoms with Crippen LogP contribution in [-0.4, -0.2) is 135 Å². The van der Waals surface area contributed by atoms with Crippen LogP contribution in [0, 0.1) is 0 Å². The normalized spacial score (nSPS) is 14.5. The molecule has 2 atom stereocenters. The van der Waals surface area contributed by atoms with Crippen molar-refractivity contribution in [2.24, 2.45) is 17.2 Å². The lowest BCUT2D eigenvalue weighted by atomic mass is 10.2. The first-order chi connectivity index (χ1) is 36.2. The number of rotatable bonds is 15. The molecule has 2 aromatic carbocycles. The van der Waals surface area contributed by atoms with Crippen LogP contribution in [0.2, 0.25) is 0 Å². The molecule has 6 aromatic heterocycles. The summed E-state index contributed by atoms with van der Waals surface area (Å²) in [5.41, 5.74) is 23.2. The van der Waals surface area contributed by atoms with Gasteiger partial charge in [-0.05, 0) is 61.4 Å². The monoisotopic (exact) mass is 1090 g/mol. The Hall–Kier alpha value is -8.79. The molecule has 8 heterocycles. The van der Waals surface area contributed by atoms with Crippen molar-refractivity contribution in [3.63, 3.8) is 0 Å². The minimum atomic E-state index is -1.08. The van der Waals surface area contributed by atoms with Crippen LogP contribution in [-0.2, 0) is 0 Å². The predicted octanol–water partition coefficient (Wildman–Crippen LogP) is 5.03. The summed E-state index contributed by atoms with van der Waals surface area (Å²) in [5.74, 6) is 2.32. The van der Waals surface area contributed by atoms with Crippen LogP contribution in [0.25, 0.3) is 20.7 Å². The van der Waals surface area contributed by atoms with Crippen LogP contribution in [0.15, 0.2) is 84.1 Å². The fraction of sp³-hybridized carbons (Fsp3) is 0.250. The maximum absolute atomic E-state index is 12.7. The zero-order valence-corrected chi connectivity index (χ0v) is 43.6. The highest BCUT2D eigenvalue weighted by atomic mass is 35.5. The Balaban J connectivity index is 0.000000186. The standard InChI is InChI=1S/C24H24N8O4S.C17H20N6O2S.C7H6N2O3.ClH/c1-35-17-6-4-14(9-18(17)36-2)28-21-19-23(37-12-27-19)31-24(30-21)32-8-7-15(11-32)29-22(34)13-3-5-16(20(25)33)26-10-13;1-24-12-4-3-11(7-13(12)25-2)20-15-14-16(26-9-19-14)22-17(21-15)23-6-5-10(18)8-23;8-6(10)5-2-1-4(3-9-5)7(11)12;/h3-6,9-10,12,15H,7-8,11H2,1-2H3,(H2,25,33)(H,29,34)(H,28,30,31);3-4,7,9-10H,5-6,8,18H2,1-2H3,(H,20,21,22);1-3H,(H2,8,10)(H,11,12);1H. The van der Waals surface area contributed by atoms with E-state index >= 15 is 0 Å². The molecule has 2 aliphatic heterocycles. The number of aromatic carboxylic acids is 1. The number of hydrogen-bond donors (Lipinski definition) is 7. The van der Waals surface area contributed by atoms with Gasteiger partial charge in [0.05, 0.1) is 50.6 Å². The fourth-order valence-corrected chi connectivity index (χ4v) is 9.00. The van der Waals surface area contributed by atoms with Gasteiger partial charge in [-0.2, -0.15) is 19.9 Å². The fourth-order valence-electron chi connectivity index (χ4n) is 7.70. The highest BCUT2D eigenvalue weighted by Gasteiger charge is 2.28. The number of ether oxygens (including phenoxy) is 4. The third-order valence-corrected chi connectivity index (χ3v) is 13.0. The number of nitrogens with two attached hydrogens (primary N) is 3. The molecule has 76 heavy (non-hydrogen) atoms. The zero-order valence-electron chi connectivity index (χ0n) is 41.1. The van der Waals surface area contributed by atoms with Crippen LogP contribution >= 0.6 is 35.1 Å². The summed E-state index contributed by atoms with van der Waals surface area (Å²) < 4.78 is 21.4. The van der Waals surface area contributed by atoms with Crippen molar-refractivity contribution < 1.29 is 43.2 Å². The third-order valence-electron chi connectivity index (χ3n) is 11.5. The predicted molar refractivity (Wildman–Crippen MR) is 289 cm³/mol. The van der Waals surface area contributed by atoms with Crippen LogP contribution in [0.3, 0.4) is 0 Å². The molecular weight excluding hydrogens is 1040 g/mol.